The molecular weight excluding hydrogens is 348 g/mol. The van der Waals surface area contributed by atoms with Crippen LogP contribution >= 0.6 is 0 Å². The summed E-state index contributed by atoms with van der Waals surface area (Å²) in [5, 5.41) is 2.62. The Hall–Kier alpha value is -2.41. The molecule has 3 nitrogen and oxygen atoms in total. The van der Waals surface area contributed by atoms with Crippen LogP contribution < -0.4 is 5.32 Å². The number of nitrogens with one attached hydrogen (secondary N) is 1. The lowest BCUT2D eigenvalue weighted by atomic mass is 9.94. The van der Waals surface area contributed by atoms with Crippen LogP contribution in [0.5, 0.6) is 0 Å². The molecule has 1 N–H and O–H groups in total. The number of amides is 1. The molecule has 0 aliphatic carbocycles. The van der Waals surface area contributed by atoms with E-state index < -0.39 is 23.6 Å². The molecule has 138 valence electrons. The second-order valence-electron chi connectivity index (χ2n) is 6.47. The molecule has 0 radical (unpaired) electrons. The van der Waals surface area contributed by atoms with E-state index in [2.05, 4.69) is 5.32 Å². The molecule has 2 aromatic carbocycles. The number of rotatable bonds is 3. The molecule has 0 fully saturated rings. The van der Waals surface area contributed by atoms with Crippen molar-refractivity contribution < 1.29 is 22.4 Å². The zero-order valence-electron chi connectivity index (χ0n) is 14.1. The molecule has 1 atom stereocenters. The van der Waals surface area contributed by atoms with Crippen LogP contribution in [-0.4, -0.2) is 23.9 Å². The number of benzene rings is 2. The second-order valence-corrected chi connectivity index (χ2v) is 6.47. The lowest BCUT2D eigenvalue weighted by Gasteiger charge is -2.33. The van der Waals surface area contributed by atoms with Gasteiger partial charge in [-0.2, -0.15) is 13.2 Å². The highest BCUT2D eigenvalue weighted by atomic mass is 19.4. The zero-order valence-corrected chi connectivity index (χ0v) is 14.1. The fourth-order valence-corrected chi connectivity index (χ4v) is 3.17. The van der Waals surface area contributed by atoms with Crippen LogP contribution in [0.1, 0.15) is 22.3 Å². The Bertz CT molecular complexity index is 819. The summed E-state index contributed by atoms with van der Waals surface area (Å²) >= 11 is 0. The smallest absolute Gasteiger partial charge is 0.351 e. The maximum Gasteiger partial charge on any atom is 0.416 e. The Morgan fingerprint density at radius 3 is 2.58 bits per heavy atom. The lowest BCUT2D eigenvalue weighted by molar-refractivity contribution is -0.137. The van der Waals surface area contributed by atoms with E-state index >= 15 is 0 Å². The topological polar surface area (TPSA) is 32.3 Å². The molecule has 2 aromatic rings. The van der Waals surface area contributed by atoms with E-state index in [4.69, 9.17) is 0 Å². The van der Waals surface area contributed by atoms with Crippen LogP contribution in [0.4, 0.5) is 17.6 Å². The number of hydrogen-bond donors (Lipinski definition) is 1. The van der Waals surface area contributed by atoms with Crippen LogP contribution in [0.15, 0.2) is 42.5 Å². The number of alkyl halides is 3. The van der Waals surface area contributed by atoms with Crippen LogP contribution in [0, 0.1) is 5.82 Å². The van der Waals surface area contributed by atoms with Gasteiger partial charge in [-0.15, -0.1) is 0 Å². The van der Waals surface area contributed by atoms with Crippen LogP contribution in [0.2, 0.25) is 0 Å². The third-order valence-electron chi connectivity index (χ3n) is 4.54. The fourth-order valence-electron chi connectivity index (χ4n) is 3.17. The van der Waals surface area contributed by atoms with Crippen molar-refractivity contribution in [2.45, 2.75) is 31.7 Å². The highest BCUT2D eigenvalue weighted by molar-refractivity contribution is 5.82. The third-order valence-corrected chi connectivity index (χ3v) is 4.54. The molecule has 0 aromatic heterocycles. The number of halogens is 4. The average molecular weight is 366 g/mol. The summed E-state index contributed by atoms with van der Waals surface area (Å²) in [5.41, 5.74) is 1.24. The Morgan fingerprint density at radius 2 is 1.88 bits per heavy atom. The molecule has 26 heavy (non-hydrogen) atoms. The Labute approximate surface area is 148 Å². The van der Waals surface area contributed by atoms with Crippen molar-refractivity contribution in [1.29, 1.82) is 0 Å². The number of carbonyl (C=O) groups excluding carboxylic acids is 1. The molecule has 1 aliphatic rings. The Kier molecular flexibility index (Phi) is 5.00. The zero-order chi connectivity index (χ0) is 18.9. The summed E-state index contributed by atoms with van der Waals surface area (Å²) in [7, 11) is 1.82. The SMILES string of the molecule is CN1Cc2ccccc2CC1C(=O)NCc1cc(F)cc(C(F)(F)F)c1. The van der Waals surface area contributed by atoms with E-state index in [1.54, 1.807) is 0 Å². The van der Waals surface area contributed by atoms with Gasteiger partial charge < -0.3 is 5.32 Å². The molecule has 0 saturated carbocycles. The molecule has 1 aliphatic heterocycles. The van der Waals surface area contributed by atoms with E-state index in [1.807, 2.05) is 36.2 Å². The number of likely N-dealkylation sites (N-methyl/N-ethyl adjacent to an activating group) is 1. The van der Waals surface area contributed by atoms with Gasteiger partial charge in [0, 0.05) is 13.1 Å². The van der Waals surface area contributed by atoms with E-state index in [-0.39, 0.29) is 18.0 Å². The number of fused-ring (bicyclic) bond motifs is 1. The summed E-state index contributed by atoms with van der Waals surface area (Å²) in [6.45, 7) is 0.456. The largest absolute Gasteiger partial charge is 0.416 e. The summed E-state index contributed by atoms with van der Waals surface area (Å²) in [6.07, 6.45) is -4.11. The first-order chi connectivity index (χ1) is 12.2. The molecule has 1 heterocycles. The summed E-state index contributed by atoms with van der Waals surface area (Å²) in [4.78, 5) is 14.4. The average Bonchev–Trinajstić information content (AvgIpc) is 2.58. The van der Waals surface area contributed by atoms with Gasteiger partial charge in [0.2, 0.25) is 5.91 Å². The molecule has 0 bridgehead atoms. The van der Waals surface area contributed by atoms with Crippen molar-refractivity contribution in [3.8, 4) is 0 Å². The number of nitrogens with zero attached hydrogens (tertiary/aromatic N) is 1. The normalized spacial score (nSPS) is 17.7. The molecule has 1 unspecified atom stereocenters. The van der Waals surface area contributed by atoms with E-state index in [0.29, 0.717) is 19.0 Å². The van der Waals surface area contributed by atoms with Gasteiger partial charge >= 0.3 is 6.18 Å². The van der Waals surface area contributed by atoms with Gasteiger partial charge in [0.05, 0.1) is 11.6 Å². The van der Waals surface area contributed by atoms with Crippen LogP contribution in [-0.2, 0) is 30.5 Å². The minimum absolute atomic E-state index is 0.0736. The minimum atomic E-state index is -4.63. The van der Waals surface area contributed by atoms with Crippen molar-refractivity contribution in [2.24, 2.45) is 0 Å². The van der Waals surface area contributed by atoms with Gasteiger partial charge in [-0.3, -0.25) is 9.69 Å². The number of carbonyl (C=O) groups is 1. The van der Waals surface area contributed by atoms with Gasteiger partial charge in [-0.1, -0.05) is 24.3 Å². The molecule has 0 spiro atoms. The molecule has 1 amide bonds. The van der Waals surface area contributed by atoms with Crippen molar-refractivity contribution in [3.63, 3.8) is 0 Å². The quantitative estimate of drug-likeness (QED) is 0.843. The highest BCUT2D eigenvalue weighted by Crippen LogP contribution is 2.30. The van der Waals surface area contributed by atoms with Gasteiger partial charge in [0.15, 0.2) is 0 Å². The van der Waals surface area contributed by atoms with E-state index in [1.165, 1.54) is 0 Å². The lowest BCUT2D eigenvalue weighted by Crippen LogP contribution is -2.48. The molecule has 3 rings (SSSR count). The first kappa shape index (κ1) is 18.4. The number of hydrogen-bond acceptors (Lipinski definition) is 2. The standard InChI is InChI=1S/C19H18F4N2O/c1-25-11-14-5-3-2-4-13(14)8-17(25)18(26)24-10-12-6-15(19(21,22)23)9-16(20)7-12/h2-7,9,17H,8,10-11H2,1H3,(H,24,26). The van der Waals surface area contributed by atoms with Gasteiger partial charge in [0.1, 0.15) is 5.82 Å². The van der Waals surface area contributed by atoms with Crippen molar-refractivity contribution in [2.75, 3.05) is 7.05 Å². The van der Waals surface area contributed by atoms with Gasteiger partial charge in [-0.05, 0) is 48.4 Å². The monoisotopic (exact) mass is 366 g/mol. The van der Waals surface area contributed by atoms with Gasteiger partial charge in [-0.25, -0.2) is 4.39 Å². The predicted molar refractivity (Wildman–Crippen MR) is 88.6 cm³/mol. The van der Waals surface area contributed by atoms with Crippen molar-refractivity contribution in [3.05, 3.63) is 70.5 Å². The highest BCUT2D eigenvalue weighted by Gasteiger charge is 2.32. The Morgan fingerprint density at radius 1 is 1.19 bits per heavy atom. The first-order valence-corrected chi connectivity index (χ1v) is 8.15. The van der Waals surface area contributed by atoms with E-state index in [0.717, 1.165) is 23.3 Å². The maximum atomic E-state index is 13.4. The van der Waals surface area contributed by atoms with Crippen molar-refractivity contribution >= 4 is 5.91 Å². The summed E-state index contributed by atoms with van der Waals surface area (Å²) < 4.78 is 51.8. The fraction of sp³-hybridized carbons (Fsp3) is 0.316. The molecule has 0 saturated heterocycles. The van der Waals surface area contributed by atoms with Gasteiger partial charge in [0.25, 0.3) is 0 Å². The molecular formula is C19H18F4N2O. The van der Waals surface area contributed by atoms with Crippen LogP contribution in [0.25, 0.3) is 0 Å². The molecule has 7 heteroatoms. The summed E-state index contributed by atoms with van der Waals surface area (Å²) in [5.74, 6) is -1.27. The third kappa shape index (κ3) is 4.04. The van der Waals surface area contributed by atoms with E-state index in [9.17, 15) is 22.4 Å². The first-order valence-electron chi connectivity index (χ1n) is 8.15. The maximum absolute atomic E-state index is 13.4. The Balaban J connectivity index is 1.69. The summed E-state index contributed by atoms with van der Waals surface area (Å²) in [6, 6.07) is 9.69. The minimum Gasteiger partial charge on any atom is -0.351 e. The van der Waals surface area contributed by atoms with Crippen LogP contribution in [0.3, 0.4) is 0 Å². The second kappa shape index (κ2) is 7.07. The predicted octanol–water partition coefficient (Wildman–Crippen LogP) is 3.52. The van der Waals surface area contributed by atoms with Crippen molar-refractivity contribution in [1.82, 2.24) is 10.2 Å².